The van der Waals surface area contributed by atoms with Crippen LogP contribution in [0, 0.1) is 19.8 Å². The van der Waals surface area contributed by atoms with E-state index in [1.54, 1.807) is 6.07 Å². The number of aryl methyl sites for hydroxylation is 3. The third-order valence-electron chi connectivity index (χ3n) is 5.16. The van der Waals surface area contributed by atoms with Crippen LogP contribution in [0.5, 0.6) is 0 Å². The molecule has 0 aliphatic heterocycles. The van der Waals surface area contributed by atoms with Crippen LogP contribution in [0.15, 0.2) is 31.9 Å². The van der Waals surface area contributed by atoms with Crippen LogP contribution < -0.4 is 10.7 Å². The van der Waals surface area contributed by atoms with Gasteiger partial charge >= 0.3 is 0 Å². The molecule has 4 rings (SSSR count). The summed E-state index contributed by atoms with van der Waals surface area (Å²) in [5, 5.41) is 7.23. The average Bonchev–Trinajstić information content (AvgIpc) is 3.00. The Morgan fingerprint density at radius 3 is 2.92 bits per heavy atom. The molecule has 1 N–H and O–H groups in total. The fourth-order valence-electron chi connectivity index (χ4n) is 3.41. The van der Waals surface area contributed by atoms with Gasteiger partial charge in [0.25, 0.3) is 5.91 Å². The van der Waals surface area contributed by atoms with Crippen LogP contribution >= 0.6 is 0 Å². The summed E-state index contributed by atoms with van der Waals surface area (Å²) in [4.78, 5) is 25.0. The van der Waals surface area contributed by atoms with Crippen LogP contribution in [0.4, 0.5) is 5.88 Å². The zero-order valence-corrected chi connectivity index (χ0v) is 15.0. The number of nitrogens with zero attached hydrogens (tertiary/aromatic N) is 1. The van der Waals surface area contributed by atoms with E-state index in [9.17, 15) is 9.59 Å². The van der Waals surface area contributed by atoms with E-state index in [-0.39, 0.29) is 11.2 Å². The lowest BCUT2D eigenvalue weighted by Gasteiger charge is -2.16. The monoisotopic (exact) mass is 352 g/mol. The third kappa shape index (κ3) is 2.71. The molecule has 6 nitrogen and oxygen atoms in total. The molecule has 0 radical (unpaired) electrons. The van der Waals surface area contributed by atoms with Gasteiger partial charge in [0.05, 0.1) is 11.1 Å². The van der Waals surface area contributed by atoms with Crippen molar-refractivity contribution in [3.05, 3.63) is 56.6 Å². The molecule has 6 heteroatoms. The molecular formula is C20H20N2O4. The van der Waals surface area contributed by atoms with Gasteiger partial charge in [-0.3, -0.25) is 14.9 Å². The first-order chi connectivity index (χ1) is 12.4. The van der Waals surface area contributed by atoms with Crippen molar-refractivity contribution in [2.75, 3.05) is 5.32 Å². The second-order valence-electron chi connectivity index (χ2n) is 7.10. The third-order valence-corrected chi connectivity index (χ3v) is 5.16. The van der Waals surface area contributed by atoms with Crippen molar-refractivity contribution in [3.8, 4) is 0 Å². The average molecular weight is 352 g/mol. The van der Waals surface area contributed by atoms with Crippen molar-refractivity contribution >= 4 is 22.8 Å². The van der Waals surface area contributed by atoms with Crippen molar-refractivity contribution in [3.63, 3.8) is 0 Å². The number of anilines is 1. The summed E-state index contributed by atoms with van der Waals surface area (Å²) >= 11 is 0. The first-order valence-corrected chi connectivity index (χ1v) is 8.77. The number of hydrogen-bond acceptors (Lipinski definition) is 5. The lowest BCUT2D eigenvalue weighted by molar-refractivity contribution is 0.0994. The highest BCUT2D eigenvalue weighted by Crippen LogP contribution is 2.31. The number of nitrogens with one attached hydrogen (secondary N) is 1. The highest BCUT2D eigenvalue weighted by atomic mass is 16.5. The molecule has 0 saturated carbocycles. The van der Waals surface area contributed by atoms with Gasteiger partial charge in [-0.15, -0.1) is 0 Å². The number of carbonyl (C=O) groups is 1. The van der Waals surface area contributed by atoms with Gasteiger partial charge in [0.15, 0.2) is 11.2 Å². The SMILES string of the molecule is Cc1ccc2c(=O)cc(C(=O)Nc3onc4c3C[C@H](C)CC4)oc2c1C. The van der Waals surface area contributed by atoms with E-state index in [2.05, 4.69) is 17.4 Å². The summed E-state index contributed by atoms with van der Waals surface area (Å²) < 4.78 is 11.1. The van der Waals surface area contributed by atoms with Gasteiger partial charge in [-0.2, -0.15) is 0 Å². The van der Waals surface area contributed by atoms with E-state index in [1.165, 1.54) is 6.07 Å². The summed E-state index contributed by atoms with van der Waals surface area (Å²) in [5.74, 6) is 0.314. The van der Waals surface area contributed by atoms with Gasteiger partial charge < -0.3 is 8.94 Å². The van der Waals surface area contributed by atoms with Crippen molar-refractivity contribution in [2.24, 2.45) is 5.92 Å². The zero-order valence-electron chi connectivity index (χ0n) is 15.0. The molecule has 1 aliphatic rings. The van der Waals surface area contributed by atoms with Gasteiger partial charge in [0.1, 0.15) is 5.58 Å². The molecule has 134 valence electrons. The molecule has 1 aliphatic carbocycles. The normalized spacial score (nSPS) is 16.5. The molecule has 0 fully saturated rings. The van der Waals surface area contributed by atoms with Gasteiger partial charge in [0, 0.05) is 11.6 Å². The maximum atomic E-state index is 12.6. The number of benzene rings is 1. The lowest BCUT2D eigenvalue weighted by Crippen LogP contribution is -2.17. The summed E-state index contributed by atoms with van der Waals surface area (Å²) in [7, 11) is 0. The smallest absolute Gasteiger partial charge is 0.293 e. The van der Waals surface area contributed by atoms with Crippen LogP contribution in [-0.4, -0.2) is 11.1 Å². The molecule has 0 spiro atoms. The van der Waals surface area contributed by atoms with E-state index < -0.39 is 5.91 Å². The highest BCUT2D eigenvalue weighted by molar-refractivity contribution is 6.02. The molecule has 1 atom stereocenters. The molecule has 2 aromatic heterocycles. The van der Waals surface area contributed by atoms with Crippen LogP contribution in [0.25, 0.3) is 11.0 Å². The lowest BCUT2D eigenvalue weighted by atomic mass is 9.89. The highest BCUT2D eigenvalue weighted by Gasteiger charge is 2.25. The quantitative estimate of drug-likeness (QED) is 0.759. The predicted octanol–water partition coefficient (Wildman–Crippen LogP) is 3.77. The molecule has 2 heterocycles. The first kappa shape index (κ1) is 16.6. The molecule has 0 saturated heterocycles. The van der Waals surface area contributed by atoms with Crippen LogP contribution in [0.3, 0.4) is 0 Å². The fourth-order valence-corrected chi connectivity index (χ4v) is 3.41. The maximum Gasteiger partial charge on any atom is 0.293 e. The molecular weight excluding hydrogens is 332 g/mol. The molecule has 3 aromatic rings. The topological polar surface area (TPSA) is 85.3 Å². The van der Waals surface area contributed by atoms with Gasteiger partial charge in [0.2, 0.25) is 5.88 Å². The zero-order chi connectivity index (χ0) is 18.4. The van der Waals surface area contributed by atoms with Gasteiger partial charge in [-0.1, -0.05) is 18.1 Å². The molecule has 1 aromatic carbocycles. The Morgan fingerprint density at radius 2 is 2.12 bits per heavy atom. The first-order valence-electron chi connectivity index (χ1n) is 8.77. The molecule has 26 heavy (non-hydrogen) atoms. The van der Waals surface area contributed by atoms with Crippen molar-refractivity contribution in [2.45, 2.75) is 40.0 Å². The van der Waals surface area contributed by atoms with Crippen LogP contribution in [0.1, 0.15) is 46.3 Å². The second-order valence-corrected chi connectivity index (χ2v) is 7.10. The summed E-state index contributed by atoms with van der Waals surface area (Å²) in [6.45, 7) is 5.97. The minimum absolute atomic E-state index is 0.0368. The van der Waals surface area contributed by atoms with Crippen molar-refractivity contribution < 1.29 is 13.7 Å². The Morgan fingerprint density at radius 1 is 1.31 bits per heavy atom. The Labute approximate surface area is 150 Å². The molecule has 0 unspecified atom stereocenters. The van der Waals surface area contributed by atoms with E-state index >= 15 is 0 Å². The standard InChI is InChI=1S/C20H20N2O4/c1-10-4-7-15-14(8-10)20(26-22-15)21-19(24)17-9-16(23)13-6-5-11(2)12(3)18(13)25-17/h5-6,9-10H,4,7-8H2,1-3H3,(H,21,24)/t10-/m1/s1. The van der Waals surface area contributed by atoms with E-state index in [0.29, 0.717) is 22.8 Å². The largest absolute Gasteiger partial charge is 0.450 e. The number of aromatic nitrogens is 1. The number of fused-ring (bicyclic) bond motifs is 2. The van der Waals surface area contributed by atoms with Gasteiger partial charge in [-0.25, -0.2) is 0 Å². The number of carbonyl (C=O) groups excluding carboxylic acids is 1. The van der Waals surface area contributed by atoms with E-state index in [4.69, 9.17) is 8.94 Å². The Kier molecular flexibility index (Phi) is 3.90. The second kappa shape index (κ2) is 6.12. The number of hydrogen-bond donors (Lipinski definition) is 1. The number of amides is 1. The van der Waals surface area contributed by atoms with Crippen LogP contribution in [-0.2, 0) is 12.8 Å². The molecule has 0 bridgehead atoms. The summed E-state index contributed by atoms with van der Waals surface area (Å²) in [5.41, 5.74) is 3.87. The van der Waals surface area contributed by atoms with Crippen molar-refractivity contribution in [1.82, 2.24) is 5.16 Å². The minimum Gasteiger partial charge on any atom is -0.450 e. The van der Waals surface area contributed by atoms with E-state index in [1.807, 2.05) is 19.9 Å². The fraction of sp³-hybridized carbons (Fsp3) is 0.350. The minimum atomic E-state index is -0.512. The van der Waals surface area contributed by atoms with Crippen LogP contribution in [0.2, 0.25) is 0 Å². The van der Waals surface area contributed by atoms with Gasteiger partial charge in [-0.05, 0) is 56.2 Å². The maximum absolute atomic E-state index is 12.6. The van der Waals surface area contributed by atoms with E-state index in [0.717, 1.165) is 41.6 Å². The van der Waals surface area contributed by atoms with Crippen molar-refractivity contribution in [1.29, 1.82) is 0 Å². The Bertz CT molecular complexity index is 1080. The summed E-state index contributed by atoms with van der Waals surface area (Å²) in [6.07, 6.45) is 2.72. The predicted molar refractivity (Wildman–Crippen MR) is 97.6 cm³/mol. The molecule has 1 amide bonds. The Balaban J connectivity index is 1.70. The Hall–Kier alpha value is -2.89. The summed E-state index contributed by atoms with van der Waals surface area (Å²) in [6, 6.07) is 4.81. The number of rotatable bonds is 2.